The van der Waals surface area contributed by atoms with Crippen LogP contribution in [0.3, 0.4) is 0 Å². The highest BCUT2D eigenvalue weighted by Crippen LogP contribution is 2.40. The molecule has 0 aliphatic carbocycles. The van der Waals surface area contributed by atoms with Crippen molar-refractivity contribution >= 4 is 21.8 Å². The lowest BCUT2D eigenvalue weighted by atomic mass is 9.94. The topological polar surface area (TPSA) is 78.0 Å². The van der Waals surface area contributed by atoms with Crippen LogP contribution in [0.5, 0.6) is 0 Å². The van der Waals surface area contributed by atoms with Gasteiger partial charge in [-0.2, -0.15) is 0 Å². The smallest absolute Gasteiger partial charge is 0.241 e. The van der Waals surface area contributed by atoms with Crippen LogP contribution in [-0.2, 0) is 19.6 Å². The fraction of sp³-hybridized carbons (Fsp3) is 0.889. The molecule has 3 atom stereocenters. The summed E-state index contributed by atoms with van der Waals surface area (Å²) in [5.74, 6) is -0.635. The fourth-order valence-corrected chi connectivity index (χ4v) is 6.11. The van der Waals surface area contributed by atoms with E-state index in [2.05, 4.69) is 4.90 Å². The van der Waals surface area contributed by atoms with E-state index in [1.54, 1.807) is 4.90 Å². The maximum Gasteiger partial charge on any atom is 0.241 e. The Kier molecular flexibility index (Phi) is 5.91. The van der Waals surface area contributed by atoms with Crippen molar-refractivity contribution in [3.8, 4) is 0 Å². The molecule has 0 radical (unpaired) electrons. The number of sulfonamides is 1. The van der Waals surface area contributed by atoms with Crippen molar-refractivity contribution in [2.24, 2.45) is 5.92 Å². The Bertz CT molecular complexity index is 645. The average molecular weight is 386 g/mol. The van der Waals surface area contributed by atoms with Crippen molar-refractivity contribution in [3.05, 3.63) is 0 Å². The third-order valence-electron chi connectivity index (χ3n) is 6.01. The number of amides is 2. The highest BCUT2D eigenvalue weighted by Gasteiger charge is 2.56. The molecule has 7 nitrogen and oxygen atoms in total. The first kappa shape index (κ1) is 19.6. The van der Waals surface area contributed by atoms with Gasteiger partial charge in [-0.15, -0.1) is 0 Å². The van der Waals surface area contributed by atoms with E-state index in [1.807, 2.05) is 6.92 Å². The molecule has 3 saturated heterocycles. The molecule has 3 fully saturated rings. The normalized spacial score (nSPS) is 29.6. The van der Waals surface area contributed by atoms with Gasteiger partial charge in [0.25, 0.3) is 0 Å². The molecule has 0 spiro atoms. The number of likely N-dealkylation sites (tertiary alicyclic amines) is 2. The second kappa shape index (κ2) is 7.84. The van der Waals surface area contributed by atoms with E-state index in [4.69, 9.17) is 0 Å². The fourth-order valence-electron chi connectivity index (χ4n) is 4.92. The first-order valence-corrected chi connectivity index (χ1v) is 11.7. The first-order valence-electron chi connectivity index (χ1n) is 9.89. The van der Waals surface area contributed by atoms with Crippen molar-refractivity contribution < 1.29 is 18.0 Å². The van der Waals surface area contributed by atoms with Crippen molar-refractivity contribution in [2.45, 2.75) is 64.0 Å². The molecule has 0 aromatic carbocycles. The Morgan fingerprint density at radius 3 is 2.50 bits per heavy atom. The summed E-state index contributed by atoms with van der Waals surface area (Å²) in [6, 6.07) is -0.659. The minimum absolute atomic E-state index is 0.0703. The van der Waals surface area contributed by atoms with E-state index >= 15 is 0 Å². The summed E-state index contributed by atoms with van der Waals surface area (Å²) < 4.78 is 25.3. The van der Waals surface area contributed by atoms with Crippen LogP contribution in [-0.4, -0.2) is 78.9 Å². The predicted octanol–water partition coefficient (Wildman–Crippen LogP) is 1.05. The highest BCUT2D eigenvalue weighted by molar-refractivity contribution is 7.88. The Morgan fingerprint density at radius 1 is 1.19 bits per heavy atom. The van der Waals surface area contributed by atoms with Gasteiger partial charge in [-0.3, -0.25) is 9.59 Å². The maximum absolute atomic E-state index is 12.8. The van der Waals surface area contributed by atoms with Gasteiger partial charge in [-0.25, -0.2) is 12.7 Å². The Labute approximate surface area is 156 Å². The second-order valence-corrected chi connectivity index (χ2v) is 9.74. The largest absolute Gasteiger partial charge is 0.337 e. The zero-order valence-electron chi connectivity index (χ0n) is 15.9. The molecule has 0 aromatic rings. The van der Waals surface area contributed by atoms with Gasteiger partial charge in [-0.1, -0.05) is 13.3 Å². The molecule has 0 N–H and O–H groups in total. The van der Waals surface area contributed by atoms with Gasteiger partial charge in [-0.05, 0) is 51.7 Å². The first-order chi connectivity index (χ1) is 12.3. The minimum atomic E-state index is -3.60. The number of fused-ring (bicyclic) bond motifs is 1. The molecular formula is C18H31N3O4S. The number of rotatable bonds is 7. The lowest BCUT2D eigenvalue weighted by Gasteiger charge is -2.27. The summed E-state index contributed by atoms with van der Waals surface area (Å²) >= 11 is 0. The quantitative estimate of drug-likeness (QED) is 0.655. The number of nitrogens with zero attached hydrogens (tertiary/aromatic N) is 3. The molecule has 3 aliphatic heterocycles. The summed E-state index contributed by atoms with van der Waals surface area (Å²) in [5, 5.41) is 0. The number of carbonyl (C=O) groups excluding carboxylic acids is 2. The Hall–Kier alpha value is -1.15. The van der Waals surface area contributed by atoms with E-state index < -0.39 is 10.0 Å². The van der Waals surface area contributed by atoms with Crippen LogP contribution in [0.2, 0.25) is 0 Å². The molecule has 2 amide bonds. The molecule has 0 unspecified atom stereocenters. The molecule has 3 rings (SSSR count). The Balaban J connectivity index is 1.67. The van der Waals surface area contributed by atoms with E-state index in [-0.39, 0.29) is 29.8 Å². The van der Waals surface area contributed by atoms with Gasteiger partial charge >= 0.3 is 0 Å². The highest BCUT2D eigenvalue weighted by atomic mass is 32.2. The summed E-state index contributed by atoms with van der Waals surface area (Å²) in [6.07, 6.45) is 6.87. The molecule has 3 aliphatic rings. The summed E-state index contributed by atoms with van der Waals surface area (Å²) in [4.78, 5) is 29.7. The zero-order valence-corrected chi connectivity index (χ0v) is 16.7. The summed E-state index contributed by atoms with van der Waals surface area (Å²) in [5.41, 5.74) is 0. The lowest BCUT2D eigenvalue weighted by molar-refractivity contribution is -0.134. The summed E-state index contributed by atoms with van der Waals surface area (Å²) in [7, 11) is -3.60. The minimum Gasteiger partial charge on any atom is -0.337 e. The Morgan fingerprint density at radius 2 is 1.88 bits per heavy atom. The molecule has 8 heteroatoms. The van der Waals surface area contributed by atoms with E-state index in [0.29, 0.717) is 25.8 Å². The van der Waals surface area contributed by atoms with Gasteiger partial charge in [0.1, 0.15) is 0 Å². The maximum atomic E-state index is 12.8. The molecule has 0 saturated carbocycles. The third kappa shape index (κ3) is 3.76. The van der Waals surface area contributed by atoms with E-state index in [1.165, 1.54) is 12.8 Å². The van der Waals surface area contributed by atoms with Crippen molar-refractivity contribution in [2.75, 3.05) is 32.4 Å². The van der Waals surface area contributed by atoms with Crippen LogP contribution >= 0.6 is 0 Å². The molecule has 26 heavy (non-hydrogen) atoms. The lowest BCUT2D eigenvalue weighted by Crippen LogP contribution is -2.43. The SMILES string of the molecule is CCC[C@H]1C(=O)N(S(C)(=O)=O)[C@H]2CCN(C(=O)CCCN3CCCC3)[C@H]12. The molecule has 0 bridgehead atoms. The average Bonchev–Trinajstić information content (AvgIpc) is 3.25. The summed E-state index contributed by atoms with van der Waals surface area (Å²) in [6.45, 7) is 5.73. The van der Waals surface area contributed by atoms with Crippen LogP contribution in [0.15, 0.2) is 0 Å². The van der Waals surface area contributed by atoms with E-state index in [0.717, 1.165) is 43.0 Å². The van der Waals surface area contributed by atoms with Crippen molar-refractivity contribution in [1.29, 1.82) is 0 Å². The second-order valence-electron chi connectivity index (χ2n) is 7.88. The van der Waals surface area contributed by atoms with Gasteiger partial charge in [0, 0.05) is 13.0 Å². The monoisotopic (exact) mass is 385 g/mol. The predicted molar refractivity (Wildman–Crippen MR) is 98.9 cm³/mol. The zero-order chi connectivity index (χ0) is 18.9. The van der Waals surface area contributed by atoms with Crippen LogP contribution in [0.4, 0.5) is 0 Å². The van der Waals surface area contributed by atoms with Crippen LogP contribution in [0.1, 0.15) is 51.9 Å². The number of carbonyl (C=O) groups is 2. The standard InChI is InChI=1S/C18H31N3O4S/c1-3-7-14-17-15(21(18(14)23)26(2,24)25)9-13-20(17)16(22)8-6-12-19-10-4-5-11-19/h14-15,17H,3-13H2,1-2H3/t14-,15+,17-/m1/s1. The molecule has 0 aromatic heterocycles. The van der Waals surface area contributed by atoms with Crippen molar-refractivity contribution in [1.82, 2.24) is 14.1 Å². The third-order valence-corrected chi connectivity index (χ3v) is 7.17. The molecule has 148 valence electrons. The van der Waals surface area contributed by atoms with Gasteiger partial charge in [0.15, 0.2) is 0 Å². The number of hydrogen-bond acceptors (Lipinski definition) is 5. The van der Waals surface area contributed by atoms with Crippen molar-refractivity contribution in [3.63, 3.8) is 0 Å². The molecule has 3 heterocycles. The van der Waals surface area contributed by atoms with Crippen LogP contribution in [0, 0.1) is 5.92 Å². The van der Waals surface area contributed by atoms with E-state index in [9.17, 15) is 18.0 Å². The van der Waals surface area contributed by atoms with Gasteiger partial charge < -0.3 is 9.80 Å². The van der Waals surface area contributed by atoms with Gasteiger partial charge in [0.05, 0.1) is 24.3 Å². The van der Waals surface area contributed by atoms with Crippen LogP contribution < -0.4 is 0 Å². The van der Waals surface area contributed by atoms with Crippen LogP contribution in [0.25, 0.3) is 0 Å². The molecular weight excluding hydrogens is 354 g/mol. The number of hydrogen-bond donors (Lipinski definition) is 0. The van der Waals surface area contributed by atoms with Gasteiger partial charge in [0.2, 0.25) is 21.8 Å².